The number of rotatable bonds is 4. The van der Waals surface area contributed by atoms with Crippen molar-refractivity contribution in [3.63, 3.8) is 0 Å². The quantitative estimate of drug-likeness (QED) is 0.734. The van der Waals surface area contributed by atoms with Crippen molar-refractivity contribution in [2.24, 2.45) is 0 Å². The van der Waals surface area contributed by atoms with Gasteiger partial charge in [-0.15, -0.1) is 0 Å². The summed E-state index contributed by atoms with van der Waals surface area (Å²) in [6, 6.07) is 0.590. The standard InChI is InChI=1S/C16H30N2O4/c1-15(2,3)22-14(19)18-13-6-4-12(5-7-13)17-10-16(20)8-9-21-11-16/h12-13,17,20H,4-11H2,1-3H3,(H,18,19). The molecule has 0 aromatic carbocycles. The topological polar surface area (TPSA) is 79.8 Å². The van der Waals surface area contributed by atoms with Gasteiger partial charge in [0.05, 0.1) is 6.61 Å². The van der Waals surface area contributed by atoms with Crippen molar-refractivity contribution in [2.75, 3.05) is 19.8 Å². The highest BCUT2D eigenvalue weighted by molar-refractivity contribution is 5.68. The van der Waals surface area contributed by atoms with Crippen molar-refractivity contribution < 1.29 is 19.4 Å². The van der Waals surface area contributed by atoms with Crippen LogP contribution in [0.5, 0.6) is 0 Å². The molecule has 2 aliphatic rings. The number of alkyl carbamates (subject to hydrolysis) is 1. The second kappa shape index (κ2) is 7.15. The number of carbonyl (C=O) groups excluding carboxylic acids is 1. The maximum absolute atomic E-state index is 11.8. The van der Waals surface area contributed by atoms with Gasteiger partial charge < -0.3 is 25.2 Å². The van der Waals surface area contributed by atoms with E-state index in [1.807, 2.05) is 20.8 Å². The molecule has 1 aliphatic carbocycles. The minimum absolute atomic E-state index is 0.186. The van der Waals surface area contributed by atoms with Crippen molar-refractivity contribution in [3.05, 3.63) is 0 Å². The molecule has 6 nitrogen and oxygen atoms in total. The molecule has 0 radical (unpaired) electrons. The van der Waals surface area contributed by atoms with Gasteiger partial charge >= 0.3 is 6.09 Å². The molecule has 3 N–H and O–H groups in total. The molecule has 22 heavy (non-hydrogen) atoms. The SMILES string of the molecule is CC(C)(C)OC(=O)NC1CCC(NCC2(O)CCOC2)CC1. The molecular formula is C16H30N2O4. The Morgan fingerprint density at radius 3 is 2.45 bits per heavy atom. The first-order valence-corrected chi connectivity index (χ1v) is 8.29. The first kappa shape index (κ1) is 17.5. The smallest absolute Gasteiger partial charge is 0.407 e. The molecule has 2 fully saturated rings. The number of nitrogens with one attached hydrogen (secondary N) is 2. The summed E-state index contributed by atoms with van der Waals surface area (Å²) in [5.41, 5.74) is -1.16. The normalized spacial score (nSPS) is 32.7. The number of hydrogen-bond donors (Lipinski definition) is 3. The summed E-state index contributed by atoms with van der Waals surface area (Å²) in [5.74, 6) is 0. The van der Waals surface area contributed by atoms with E-state index in [0.29, 0.717) is 32.2 Å². The van der Waals surface area contributed by atoms with E-state index in [2.05, 4.69) is 10.6 Å². The van der Waals surface area contributed by atoms with Crippen LogP contribution in [0.1, 0.15) is 52.9 Å². The minimum Gasteiger partial charge on any atom is -0.444 e. The van der Waals surface area contributed by atoms with Gasteiger partial charge in [0.15, 0.2) is 0 Å². The van der Waals surface area contributed by atoms with Crippen LogP contribution in [0.15, 0.2) is 0 Å². The maximum Gasteiger partial charge on any atom is 0.407 e. The number of aliphatic hydroxyl groups is 1. The maximum atomic E-state index is 11.8. The lowest BCUT2D eigenvalue weighted by Crippen LogP contribution is -2.48. The first-order valence-electron chi connectivity index (χ1n) is 8.29. The Morgan fingerprint density at radius 2 is 1.91 bits per heavy atom. The van der Waals surface area contributed by atoms with Gasteiger partial charge in [0.2, 0.25) is 0 Å². The second-order valence-corrected chi connectivity index (χ2v) is 7.60. The minimum atomic E-state index is -0.703. The van der Waals surface area contributed by atoms with Gasteiger partial charge in [0, 0.05) is 31.7 Å². The third-order valence-corrected chi connectivity index (χ3v) is 4.25. The second-order valence-electron chi connectivity index (χ2n) is 7.60. The lowest BCUT2D eigenvalue weighted by Gasteiger charge is -2.32. The molecule has 2 rings (SSSR count). The number of hydrogen-bond acceptors (Lipinski definition) is 5. The molecule has 0 aromatic heterocycles. The average Bonchev–Trinajstić information content (AvgIpc) is 2.83. The Morgan fingerprint density at radius 1 is 1.27 bits per heavy atom. The van der Waals surface area contributed by atoms with Gasteiger partial charge in [-0.05, 0) is 46.5 Å². The lowest BCUT2D eigenvalue weighted by molar-refractivity contribution is 0.0233. The Balaban J connectivity index is 1.64. The molecule has 6 heteroatoms. The van der Waals surface area contributed by atoms with Gasteiger partial charge in [-0.3, -0.25) is 0 Å². The fraction of sp³-hybridized carbons (Fsp3) is 0.938. The lowest BCUT2D eigenvalue weighted by atomic mass is 9.90. The third-order valence-electron chi connectivity index (χ3n) is 4.25. The zero-order valence-corrected chi connectivity index (χ0v) is 14.0. The van der Waals surface area contributed by atoms with Crippen molar-refractivity contribution in [1.82, 2.24) is 10.6 Å². The van der Waals surface area contributed by atoms with Gasteiger partial charge in [-0.1, -0.05) is 0 Å². The molecule has 0 aromatic rings. The molecule has 1 saturated heterocycles. The predicted octanol–water partition coefficient (Wildman–Crippen LogP) is 1.56. The number of carbonyl (C=O) groups is 1. The fourth-order valence-corrected chi connectivity index (χ4v) is 2.99. The van der Waals surface area contributed by atoms with Gasteiger partial charge in [0.25, 0.3) is 0 Å². The summed E-state index contributed by atoms with van der Waals surface area (Å²) in [7, 11) is 0. The number of amides is 1. The van der Waals surface area contributed by atoms with Crippen molar-refractivity contribution in [1.29, 1.82) is 0 Å². The summed E-state index contributed by atoms with van der Waals surface area (Å²) in [6.45, 7) is 7.25. The monoisotopic (exact) mass is 314 g/mol. The highest BCUT2D eigenvalue weighted by atomic mass is 16.6. The summed E-state index contributed by atoms with van der Waals surface area (Å²) in [5, 5.41) is 16.6. The first-order chi connectivity index (χ1) is 10.3. The molecule has 1 amide bonds. The van der Waals surface area contributed by atoms with Gasteiger partial charge in [-0.25, -0.2) is 4.79 Å². The Labute approximate surface area is 132 Å². The van der Waals surface area contributed by atoms with E-state index in [1.54, 1.807) is 0 Å². The van der Waals surface area contributed by atoms with Crippen molar-refractivity contribution >= 4 is 6.09 Å². The summed E-state index contributed by atoms with van der Waals surface area (Å²) >= 11 is 0. The van der Waals surface area contributed by atoms with Crippen LogP contribution < -0.4 is 10.6 Å². The van der Waals surface area contributed by atoms with Gasteiger partial charge in [-0.2, -0.15) is 0 Å². The predicted molar refractivity (Wildman–Crippen MR) is 83.8 cm³/mol. The van der Waals surface area contributed by atoms with E-state index in [9.17, 15) is 9.90 Å². The van der Waals surface area contributed by atoms with Crippen LogP contribution in [-0.2, 0) is 9.47 Å². The fourth-order valence-electron chi connectivity index (χ4n) is 2.99. The molecule has 1 atom stereocenters. The van der Waals surface area contributed by atoms with Crippen LogP contribution in [-0.4, -0.2) is 54.2 Å². The highest BCUT2D eigenvalue weighted by Gasteiger charge is 2.33. The Kier molecular flexibility index (Phi) is 5.69. The summed E-state index contributed by atoms with van der Waals surface area (Å²) in [6.07, 6.45) is 4.24. The van der Waals surface area contributed by atoms with Crippen LogP contribution in [0.3, 0.4) is 0 Å². The Hall–Kier alpha value is -0.850. The van der Waals surface area contributed by atoms with E-state index >= 15 is 0 Å². The van der Waals surface area contributed by atoms with Crippen LogP contribution in [0.4, 0.5) is 4.79 Å². The molecule has 0 bridgehead atoms. The molecule has 1 heterocycles. The Bertz CT molecular complexity index is 367. The molecule has 1 unspecified atom stereocenters. The van der Waals surface area contributed by atoms with Gasteiger partial charge in [0.1, 0.15) is 11.2 Å². The van der Waals surface area contributed by atoms with E-state index in [1.165, 1.54) is 0 Å². The summed E-state index contributed by atoms with van der Waals surface area (Å²) in [4.78, 5) is 11.8. The van der Waals surface area contributed by atoms with Crippen LogP contribution in [0.25, 0.3) is 0 Å². The third kappa shape index (κ3) is 5.74. The van der Waals surface area contributed by atoms with Crippen LogP contribution in [0, 0.1) is 0 Å². The van der Waals surface area contributed by atoms with E-state index in [0.717, 1.165) is 25.7 Å². The average molecular weight is 314 g/mol. The van der Waals surface area contributed by atoms with Crippen molar-refractivity contribution in [3.8, 4) is 0 Å². The van der Waals surface area contributed by atoms with E-state index < -0.39 is 11.2 Å². The van der Waals surface area contributed by atoms with Crippen molar-refractivity contribution in [2.45, 2.75) is 76.2 Å². The number of ether oxygens (including phenoxy) is 2. The molecule has 1 saturated carbocycles. The van der Waals surface area contributed by atoms with Crippen LogP contribution >= 0.6 is 0 Å². The largest absolute Gasteiger partial charge is 0.444 e. The van der Waals surface area contributed by atoms with E-state index in [4.69, 9.17) is 9.47 Å². The summed E-state index contributed by atoms with van der Waals surface area (Å²) < 4.78 is 10.5. The highest BCUT2D eigenvalue weighted by Crippen LogP contribution is 2.22. The zero-order chi connectivity index (χ0) is 16.2. The zero-order valence-electron chi connectivity index (χ0n) is 14.0. The van der Waals surface area contributed by atoms with Crippen LogP contribution in [0.2, 0.25) is 0 Å². The van der Waals surface area contributed by atoms with E-state index in [-0.39, 0.29) is 12.1 Å². The molecular weight excluding hydrogens is 284 g/mol. The molecule has 1 aliphatic heterocycles. The molecule has 0 spiro atoms. The molecule has 128 valence electrons.